The maximum Gasteiger partial charge on any atom is 0.307 e. The second-order valence-corrected chi connectivity index (χ2v) is 7.47. The van der Waals surface area contributed by atoms with E-state index in [-0.39, 0.29) is 19.2 Å². The highest BCUT2D eigenvalue weighted by Crippen LogP contribution is 2.21. The van der Waals surface area contributed by atoms with Gasteiger partial charge < -0.3 is 9.84 Å². The van der Waals surface area contributed by atoms with Crippen LogP contribution in [0.4, 0.5) is 0 Å². The van der Waals surface area contributed by atoms with E-state index in [1.807, 2.05) is 0 Å². The standard InChI is InChI=1S/C13H24N2O5S/c16-13(17)11-4-3-8-15(10-11)21(18,19)14-7-9-20-12-5-1-2-6-12/h11-12,14H,1-10H2,(H,16,17). The first kappa shape index (κ1) is 16.7. The zero-order valence-corrected chi connectivity index (χ0v) is 13.0. The maximum atomic E-state index is 12.1. The number of ether oxygens (including phenoxy) is 1. The van der Waals surface area contributed by atoms with Crippen LogP contribution in [0.1, 0.15) is 38.5 Å². The van der Waals surface area contributed by atoms with Crippen molar-refractivity contribution >= 4 is 16.2 Å². The molecule has 8 heteroatoms. The summed E-state index contributed by atoms with van der Waals surface area (Å²) in [5.74, 6) is -1.54. The van der Waals surface area contributed by atoms with Crippen molar-refractivity contribution in [3.05, 3.63) is 0 Å². The Bertz CT molecular complexity index is 447. The van der Waals surface area contributed by atoms with Crippen LogP contribution in [0.15, 0.2) is 0 Å². The van der Waals surface area contributed by atoms with Crippen LogP contribution in [0.25, 0.3) is 0 Å². The minimum Gasteiger partial charge on any atom is -0.481 e. The number of aliphatic carboxylic acids is 1. The van der Waals surface area contributed by atoms with E-state index < -0.39 is 22.1 Å². The lowest BCUT2D eigenvalue weighted by Gasteiger charge is -2.29. The quantitative estimate of drug-likeness (QED) is 0.669. The molecule has 0 radical (unpaired) electrons. The molecule has 1 saturated heterocycles. The van der Waals surface area contributed by atoms with E-state index in [1.165, 1.54) is 17.1 Å². The number of hydrogen-bond acceptors (Lipinski definition) is 4. The molecule has 1 heterocycles. The monoisotopic (exact) mass is 320 g/mol. The summed E-state index contributed by atoms with van der Waals surface area (Å²) in [4.78, 5) is 11.0. The Labute approximate surface area is 125 Å². The third-order valence-corrected chi connectivity index (χ3v) is 5.70. The molecule has 0 aromatic carbocycles. The van der Waals surface area contributed by atoms with E-state index in [0.717, 1.165) is 12.8 Å². The Morgan fingerprint density at radius 2 is 1.95 bits per heavy atom. The van der Waals surface area contributed by atoms with Gasteiger partial charge in [-0.15, -0.1) is 0 Å². The van der Waals surface area contributed by atoms with Gasteiger partial charge in [-0.05, 0) is 25.7 Å². The molecule has 0 bridgehead atoms. The van der Waals surface area contributed by atoms with Crippen molar-refractivity contribution in [3.8, 4) is 0 Å². The zero-order chi connectivity index (χ0) is 15.3. The second-order valence-electron chi connectivity index (χ2n) is 5.71. The number of nitrogens with zero attached hydrogens (tertiary/aromatic N) is 1. The molecule has 2 N–H and O–H groups in total. The molecule has 2 rings (SSSR count). The van der Waals surface area contributed by atoms with Crippen LogP contribution in [0.3, 0.4) is 0 Å². The molecule has 21 heavy (non-hydrogen) atoms. The van der Waals surface area contributed by atoms with Gasteiger partial charge in [-0.3, -0.25) is 4.79 Å². The summed E-state index contributed by atoms with van der Waals surface area (Å²) in [7, 11) is -3.61. The summed E-state index contributed by atoms with van der Waals surface area (Å²) in [6.45, 7) is 1.02. The van der Waals surface area contributed by atoms with Crippen molar-refractivity contribution in [3.63, 3.8) is 0 Å². The molecule has 0 aromatic rings. The summed E-state index contributed by atoms with van der Waals surface area (Å²) in [5, 5.41) is 9.00. The van der Waals surface area contributed by atoms with Crippen molar-refractivity contribution in [2.75, 3.05) is 26.2 Å². The highest BCUT2D eigenvalue weighted by molar-refractivity contribution is 7.87. The Morgan fingerprint density at radius 3 is 2.62 bits per heavy atom. The Hall–Kier alpha value is -0.700. The Balaban J connectivity index is 1.73. The summed E-state index contributed by atoms with van der Waals surface area (Å²) >= 11 is 0. The molecular formula is C13H24N2O5S. The van der Waals surface area contributed by atoms with Crippen LogP contribution in [-0.4, -0.2) is 56.1 Å². The van der Waals surface area contributed by atoms with Crippen molar-refractivity contribution < 1.29 is 23.1 Å². The fourth-order valence-corrected chi connectivity index (χ4v) is 4.17. The highest BCUT2D eigenvalue weighted by Gasteiger charge is 2.31. The minimum atomic E-state index is -3.61. The lowest BCUT2D eigenvalue weighted by atomic mass is 10.0. The lowest BCUT2D eigenvalue weighted by Crippen LogP contribution is -2.48. The number of carboxylic acids is 1. The Morgan fingerprint density at radius 1 is 1.24 bits per heavy atom. The van der Waals surface area contributed by atoms with E-state index in [2.05, 4.69) is 4.72 Å². The number of rotatable bonds is 7. The average Bonchev–Trinajstić information content (AvgIpc) is 2.97. The van der Waals surface area contributed by atoms with Gasteiger partial charge in [-0.1, -0.05) is 12.8 Å². The third-order valence-electron chi connectivity index (χ3n) is 4.12. The number of hydrogen-bond donors (Lipinski definition) is 2. The van der Waals surface area contributed by atoms with E-state index >= 15 is 0 Å². The number of nitrogens with one attached hydrogen (secondary N) is 1. The van der Waals surface area contributed by atoms with Crippen molar-refractivity contribution in [2.24, 2.45) is 5.92 Å². The van der Waals surface area contributed by atoms with Crippen LogP contribution in [-0.2, 0) is 19.7 Å². The van der Waals surface area contributed by atoms with Gasteiger partial charge >= 0.3 is 5.97 Å². The largest absolute Gasteiger partial charge is 0.481 e. The topological polar surface area (TPSA) is 95.9 Å². The SMILES string of the molecule is O=C(O)C1CCCN(S(=O)(=O)NCCOC2CCCC2)C1. The lowest BCUT2D eigenvalue weighted by molar-refractivity contribution is -0.142. The summed E-state index contributed by atoms with van der Waals surface area (Å²) < 4.78 is 33.6. The average molecular weight is 320 g/mol. The van der Waals surface area contributed by atoms with Gasteiger partial charge in [0.1, 0.15) is 0 Å². The van der Waals surface area contributed by atoms with Crippen LogP contribution in [0.5, 0.6) is 0 Å². The molecule has 1 atom stereocenters. The van der Waals surface area contributed by atoms with Gasteiger partial charge in [0.25, 0.3) is 10.2 Å². The van der Waals surface area contributed by atoms with E-state index in [0.29, 0.717) is 26.0 Å². The summed E-state index contributed by atoms with van der Waals surface area (Å²) in [5.41, 5.74) is 0. The van der Waals surface area contributed by atoms with Gasteiger partial charge in [0.15, 0.2) is 0 Å². The molecule has 7 nitrogen and oxygen atoms in total. The molecule has 2 fully saturated rings. The molecule has 1 unspecified atom stereocenters. The molecule has 1 aliphatic heterocycles. The van der Waals surface area contributed by atoms with Crippen molar-refractivity contribution in [1.82, 2.24) is 9.03 Å². The molecule has 0 amide bonds. The second kappa shape index (κ2) is 7.53. The number of carboxylic acid groups (broad SMARTS) is 1. The van der Waals surface area contributed by atoms with E-state index in [9.17, 15) is 13.2 Å². The highest BCUT2D eigenvalue weighted by atomic mass is 32.2. The van der Waals surface area contributed by atoms with Gasteiger partial charge in [-0.2, -0.15) is 17.4 Å². The van der Waals surface area contributed by atoms with Crippen LogP contribution in [0.2, 0.25) is 0 Å². The zero-order valence-electron chi connectivity index (χ0n) is 12.2. The van der Waals surface area contributed by atoms with Gasteiger partial charge in [0, 0.05) is 19.6 Å². The van der Waals surface area contributed by atoms with Gasteiger partial charge in [0.2, 0.25) is 0 Å². The third kappa shape index (κ3) is 4.91. The molecule has 122 valence electrons. The maximum absolute atomic E-state index is 12.1. The fourth-order valence-electron chi connectivity index (χ4n) is 2.90. The van der Waals surface area contributed by atoms with Crippen LogP contribution in [0, 0.1) is 5.92 Å². The normalized spacial score (nSPS) is 25.2. The molecule has 2 aliphatic rings. The first-order valence-electron chi connectivity index (χ1n) is 7.58. The summed E-state index contributed by atoms with van der Waals surface area (Å²) in [6.07, 6.45) is 5.85. The van der Waals surface area contributed by atoms with Gasteiger partial charge in [0.05, 0.1) is 18.6 Å². The number of piperidine rings is 1. The van der Waals surface area contributed by atoms with Crippen LogP contribution >= 0.6 is 0 Å². The van der Waals surface area contributed by atoms with E-state index in [1.54, 1.807) is 0 Å². The fraction of sp³-hybridized carbons (Fsp3) is 0.923. The predicted molar refractivity (Wildman–Crippen MR) is 77.1 cm³/mol. The minimum absolute atomic E-state index is 0.0498. The first-order chi connectivity index (χ1) is 9.99. The predicted octanol–water partition coefficient (Wildman–Crippen LogP) is 0.577. The first-order valence-corrected chi connectivity index (χ1v) is 9.02. The molecule has 0 aromatic heterocycles. The smallest absolute Gasteiger partial charge is 0.307 e. The van der Waals surface area contributed by atoms with Crippen molar-refractivity contribution in [2.45, 2.75) is 44.6 Å². The molecular weight excluding hydrogens is 296 g/mol. The molecule has 0 spiro atoms. The number of carbonyl (C=O) groups is 1. The molecule has 1 saturated carbocycles. The van der Waals surface area contributed by atoms with Gasteiger partial charge in [-0.25, -0.2) is 0 Å². The Kier molecular flexibility index (Phi) is 5.98. The van der Waals surface area contributed by atoms with Crippen LogP contribution < -0.4 is 4.72 Å². The van der Waals surface area contributed by atoms with Crippen molar-refractivity contribution in [1.29, 1.82) is 0 Å². The molecule has 1 aliphatic carbocycles. The summed E-state index contributed by atoms with van der Waals surface area (Å²) in [6, 6.07) is 0. The van der Waals surface area contributed by atoms with E-state index in [4.69, 9.17) is 9.84 Å².